The topological polar surface area (TPSA) is 64.1 Å². The first-order valence-electron chi connectivity index (χ1n) is 5.53. The molecule has 1 fully saturated rings. The molecule has 0 spiro atoms. The molecule has 88 valence electrons. The third-order valence-electron chi connectivity index (χ3n) is 3.05. The summed E-state index contributed by atoms with van der Waals surface area (Å²) in [6.07, 6.45) is 2.05. The maximum atomic E-state index is 11.8. The van der Waals surface area contributed by atoms with Crippen molar-refractivity contribution in [1.29, 1.82) is 0 Å². The SMILES string of the molecule is COC(=O)c1ccc2[nH]c(=O)n(C3CC3)c2c1. The van der Waals surface area contributed by atoms with Crippen LogP contribution < -0.4 is 5.69 Å². The molecular formula is C12H12N2O3. The van der Waals surface area contributed by atoms with Crippen LogP contribution >= 0.6 is 0 Å². The number of imidazole rings is 1. The van der Waals surface area contributed by atoms with Crippen LogP contribution in [0.15, 0.2) is 23.0 Å². The number of methoxy groups -OCH3 is 1. The molecule has 0 atom stereocenters. The summed E-state index contributed by atoms with van der Waals surface area (Å²) in [5.41, 5.74) is 1.90. The van der Waals surface area contributed by atoms with Gasteiger partial charge in [-0.2, -0.15) is 0 Å². The Bertz CT molecular complexity index is 649. The van der Waals surface area contributed by atoms with Crippen LogP contribution in [0.3, 0.4) is 0 Å². The van der Waals surface area contributed by atoms with E-state index in [2.05, 4.69) is 9.72 Å². The van der Waals surface area contributed by atoms with Crippen molar-refractivity contribution in [3.05, 3.63) is 34.2 Å². The number of hydrogen-bond donors (Lipinski definition) is 1. The zero-order chi connectivity index (χ0) is 12.0. The van der Waals surface area contributed by atoms with Crippen LogP contribution in [0.4, 0.5) is 0 Å². The van der Waals surface area contributed by atoms with Gasteiger partial charge in [0.1, 0.15) is 0 Å². The number of ether oxygens (including phenoxy) is 1. The van der Waals surface area contributed by atoms with Gasteiger partial charge in [-0.1, -0.05) is 0 Å². The second kappa shape index (κ2) is 3.48. The molecule has 17 heavy (non-hydrogen) atoms. The molecule has 0 unspecified atom stereocenters. The summed E-state index contributed by atoms with van der Waals surface area (Å²) in [6.45, 7) is 0. The lowest BCUT2D eigenvalue weighted by molar-refractivity contribution is 0.0601. The van der Waals surface area contributed by atoms with Gasteiger partial charge in [-0.3, -0.25) is 4.57 Å². The molecule has 1 aromatic heterocycles. The minimum absolute atomic E-state index is 0.107. The summed E-state index contributed by atoms with van der Waals surface area (Å²) in [6, 6.07) is 5.38. The van der Waals surface area contributed by atoms with Gasteiger partial charge in [0, 0.05) is 6.04 Å². The van der Waals surface area contributed by atoms with Gasteiger partial charge in [0.2, 0.25) is 0 Å². The van der Waals surface area contributed by atoms with Crippen molar-refractivity contribution in [1.82, 2.24) is 9.55 Å². The van der Waals surface area contributed by atoms with E-state index in [4.69, 9.17) is 0 Å². The van der Waals surface area contributed by atoms with Crippen molar-refractivity contribution in [2.45, 2.75) is 18.9 Å². The monoisotopic (exact) mass is 232 g/mol. The molecule has 1 N–H and O–H groups in total. The van der Waals surface area contributed by atoms with Crippen molar-refractivity contribution in [3.8, 4) is 0 Å². The molecule has 0 amide bonds. The van der Waals surface area contributed by atoms with Gasteiger partial charge in [0.25, 0.3) is 0 Å². The van der Waals surface area contributed by atoms with Crippen molar-refractivity contribution in [3.63, 3.8) is 0 Å². The Kier molecular flexibility index (Phi) is 2.07. The Morgan fingerprint density at radius 1 is 1.47 bits per heavy atom. The van der Waals surface area contributed by atoms with E-state index in [0.29, 0.717) is 5.56 Å². The molecular weight excluding hydrogens is 220 g/mol. The van der Waals surface area contributed by atoms with Crippen LogP contribution in [-0.2, 0) is 4.74 Å². The zero-order valence-electron chi connectivity index (χ0n) is 9.40. The third kappa shape index (κ3) is 1.54. The number of fused-ring (bicyclic) bond motifs is 1. The predicted octanol–water partition coefficient (Wildman–Crippen LogP) is 1.45. The number of rotatable bonds is 2. The van der Waals surface area contributed by atoms with Crippen LogP contribution in [0.1, 0.15) is 29.2 Å². The van der Waals surface area contributed by atoms with E-state index in [1.54, 1.807) is 22.8 Å². The summed E-state index contributed by atoms with van der Waals surface area (Å²) < 4.78 is 6.40. The first kappa shape index (κ1) is 10.1. The number of aromatic amines is 1. The number of hydrogen-bond acceptors (Lipinski definition) is 3. The fraction of sp³-hybridized carbons (Fsp3) is 0.333. The first-order valence-corrected chi connectivity index (χ1v) is 5.53. The quantitative estimate of drug-likeness (QED) is 0.797. The molecule has 1 heterocycles. The number of esters is 1. The van der Waals surface area contributed by atoms with E-state index in [1.807, 2.05) is 0 Å². The molecule has 2 aromatic rings. The Morgan fingerprint density at radius 3 is 2.88 bits per heavy atom. The second-order valence-electron chi connectivity index (χ2n) is 4.25. The number of H-pyrrole nitrogens is 1. The molecule has 0 saturated heterocycles. The van der Waals surface area contributed by atoms with Gasteiger partial charge in [-0.25, -0.2) is 9.59 Å². The van der Waals surface area contributed by atoms with Crippen molar-refractivity contribution in [2.75, 3.05) is 7.11 Å². The van der Waals surface area contributed by atoms with E-state index in [-0.39, 0.29) is 17.7 Å². The normalized spacial score (nSPS) is 15.1. The van der Waals surface area contributed by atoms with Crippen molar-refractivity contribution < 1.29 is 9.53 Å². The molecule has 0 aliphatic heterocycles. The molecule has 5 nitrogen and oxygen atoms in total. The summed E-state index contributed by atoms with van der Waals surface area (Å²) in [4.78, 5) is 26.0. The number of benzene rings is 1. The Morgan fingerprint density at radius 2 is 2.24 bits per heavy atom. The van der Waals surface area contributed by atoms with Gasteiger partial charge in [0.05, 0.1) is 23.7 Å². The van der Waals surface area contributed by atoms with Gasteiger partial charge < -0.3 is 9.72 Å². The Balaban J connectivity index is 2.22. The van der Waals surface area contributed by atoms with Crippen LogP contribution in [0.25, 0.3) is 11.0 Å². The lowest BCUT2D eigenvalue weighted by Gasteiger charge is -2.02. The molecule has 3 rings (SSSR count). The lowest BCUT2D eigenvalue weighted by atomic mass is 10.2. The Hall–Kier alpha value is -2.04. The van der Waals surface area contributed by atoms with Crippen molar-refractivity contribution >= 4 is 17.0 Å². The Labute approximate surface area is 97.0 Å². The first-order chi connectivity index (χ1) is 8.20. The van der Waals surface area contributed by atoms with Gasteiger partial charge in [0.15, 0.2) is 0 Å². The van der Waals surface area contributed by atoms with Gasteiger partial charge in [-0.15, -0.1) is 0 Å². The van der Waals surface area contributed by atoms with Gasteiger partial charge >= 0.3 is 11.7 Å². The van der Waals surface area contributed by atoms with Gasteiger partial charge in [-0.05, 0) is 31.0 Å². The molecule has 1 aliphatic rings. The van der Waals surface area contributed by atoms with Crippen LogP contribution in [0, 0.1) is 0 Å². The van der Waals surface area contributed by atoms with E-state index < -0.39 is 0 Å². The van der Waals surface area contributed by atoms with Crippen molar-refractivity contribution in [2.24, 2.45) is 0 Å². The second-order valence-corrected chi connectivity index (χ2v) is 4.25. The fourth-order valence-corrected chi connectivity index (χ4v) is 2.06. The average molecular weight is 232 g/mol. The van der Waals surface area contributed by atoms with E-state index in [9.17, 15) is 9.59 Å². The number of aromatic nitrogens is 2. The highest BCUT2D eigenvalue weighted by Crippen LogP contribution is 2.35. The zero-order valence-corrected chi connectivity index (χ0v) is 9.40. The number of carbonyl (C=O) groups excluding carboxylic acids is 1. The van der Waals surface area contributed by atoms with Crippen LogP contribution in [0.5, 0.6) is 0 Å². The summed E-state index contributed by atoms with van der Waals surface area (Å²) >= 11 is 0. The maximum Gasteiger partial charge on any atom is 0.337 e. The minimum Gasteiger partial charge on any atom is -0.465 e. The van der Waals surface area contributed by atoms with E-state index in [1.165, 1.54) is 7.11 Å². The molecule has 5 heteroatoms. The highest BCUT2D eigenvalue weighted by atomic mass is 16.5. The fourth-order valence-electron chi connectivity index (χ4n) is 2.06. The van der Waals surface area contributed by atoms with E-state index >= 15 is 0 Å². The van der Waals surface area contributed by atoms with Crippen LogP contribution in [0.2, 0.25) is 0 Å². The molecule has 0 bridgehead atoms. The highest BCUT2D eigenvalue weighted by Gasteiger charge is 2.27. The molecule has 1 aliphatic carbocycles. The number of nitrogens with one attached hydrogen (secondary N) is 1. The number of carbonyl (C=O) groups is 1. The minimum atomic E-state index is -0.386. The lowest BCUT2D eigenvalue weighted by Crippen LogP contribution is -2.15. The summed E-state index contributed by atoms with van der Waals surface area (Å²) in [5.74, 6) is -0.386. The molecule has 0 radical (unpaired) electrons. The predicted molar refractivity (Wildman–Crippen MR) is 62.2 cm³/mol. The summed E-state index contributed by atoms with van der Waals surface area (Å²) in [5, 5.41) is 0. The standard InChI is InChI=1S/C12H12N2O3/c1-17-11(15)7-2-5-9-10(6-7)14(8-3-4-8)12(16)13-9/h2,5-6,8H,3-4H2,1H3,(H,13,16). The van der Waals surface area contributed by atoms with Crippen LogP contribution in [-0.4, -0.2) is 22.6 Å². The smallest absolute Gasteiger partial charge is 0.337 e. The summed E-state index contributed by atoms with van der Waals surface area (Å²) in [7, 11) is 1.34. The molecule has 1 aromatic carbocycles. The maximum absolute atomic E-state index is 11.8. The van der Waals surface area contributed by atoms with E-state index in [0.717, 1.165) is 23.9 Å². The highest BCUT2D eigenvalue weighted by molar-refractivity contribution is 5.93. The third-order valence-corrected chi connectivity index (χ3v) is 3.05. The average Bonchev–Trinajstić information content (AvgIpc) is 3.10. The molecule has 1 saturated carbocycles. The number of nitrogens with zero attached hydrogens (tertiary/aromatic N) is 1. The largest absolute Gasteiger partial charge is 0.465 e.